The van der Waals surface area contributed by atoms with E-state index in [1.54, 1.807) is 0 Å². The molecule has 1 N–H and O–H groups in total. The number of fused-ring (bicyclic) bond motifs is 3. The topological polar surface area (TPSA) is 23.5 Å². The third-order valence-corrected chi connectivity index (χ3v) is 4.28. The average Bonchev–Trinajstić information content (AvgIpc) is 2.90. The highest BCUT2D eigenvalue weighted by molar-refractivity contribution is 6.45. The number of rotatable bonds is 2. The molecular weight excluding hydrogens is 257 g/mol. The van der Waals surface area contributed by atoms with Gasteiger partial charge in [0, 0.05) is 17.3 Å². The molecule has 0 saturated heterocycles. The van der Waals surface area contributed by atoms with E-state index in [9.17, 15) is 0 Å². The lowest BCUT2D eigenvalue weighted by atomic mass is 9.88. The van der Waals surface area contributed by atoms with Gasteiger partial charge in [0.05, 0.1) is 6.04 Å². The SMILES string of the molecule is O[B]c1ccc(N2c3ccccc3C3C=CC=CC32)cc1. The maximum Gasteiger partial charge on any atom is 0.326 e. The van der Waals surface area contributed by atoms with Gasteiger partial charge in [-0.1, -0.05) is 60.1 Å². The molecule has 0 amide bonds. The number of anilines is 2. The Labute approximate surface area is 125 Å². The van der Waals surface area contributed by atoms with Crippen LogP contribution in [0.15, 0.2) is 72.8 Å². The molecule has 3 heteroatoms. The van der Waals surface area contributed by atoms with Gasteiger partial charge in [-0.25, -0.2) is 0 Å². The number of para-hydroxylation sites is 1. The molecule has 2 atom stereocenters. The zero-order valence-corrected chi connectivity index (χ0v) is 11.6. The second-order valence-corrected chi connectivity index (χ2v) is 5.44. The van der Waals surface area contributed by atoms with Crippen LogP contribution in [-0.2, 0) is 0 Å². The van der Waals surface area contributed by atoms with Gasteiger partial charge in [-0.2, -0.15) is 0 Å². The van der Waals surface area contributed by atoms with Crippen molar-refractivity contribution in [2.75, 3.05) is 4.90 Å². The molecule has 2 aliphatic rings. The summed E-state index contributed by atoms with van der Waals surface area (Å²) in [6.07, 6.45) is 8.79. The lowest BCUT2D eigenvalue weighted by Gasteiger charge is -2.28. The Bertz CT molecular complexity index is 720. The fourth-order valence-corrected chi connectivity index (χ4v) is 3.31. The highest BCUT2D eigenvalue weighted by atomic mass is 16.2. The van der Waals surface area contributed by atoms with Gasteiger partial charge in [0.15, 0.2) is 0 Å². The highest BCUT2D eigenvalue weighted by Gasteiger charge is 2.36. The maximum atomic E-state index is 9.08. The van der Waals surface area contributed by atoms with E-state index in [1.165, 1.54) is 11.3 Å². The van der Waals surface area contributed by atoms with Crippen LogP contribution in [0.2, 0.25) is 0 Å². The molecule has 1 radical (unpaired) electrons. The minimum atomic E-state index is 0.330. The largest absolute Gasteiger partial charge is 0.450 e. The fraction of sp³-hybridized carbons (Fsp3) is 0.111. The monoisotopic (exact) mass is 272 g/mol. The average molecular weight is 272 g/mol. The standard InChI is InChI=1S/C18H15BNO/c21-19-13-9-11-14(12-10-13)20-17-7-3-1-5-15(17)16-6-2-4-8-18(16)20/h1-12,15,17,21H. The van der Waals surface area contributed by atoms with Crippen LogP contribution >= 0.6 is 0 Å². The van der Waals surface area contributed by atoms with Crippen molar-refractivity contribution in [2.45, 2.75) is 12.0 Å². The lowest BCUT2D eigenvalue weighted by Crippen LogP contribution is -2.28. The Morgan fingerprint density at radius 3 is 2.48 bits per heavy atom. The van der Waals surface area contributed by atoms with Gasteiger partial charge in [-0.05, 0) is 23.8 Å². The summed E-state index contributed by atoms with van der Waals surface area (Å²) in [5.74, 6) is 0.412. The molecule has 2 unspecified atom stereocenters. The number of nitrogens with zero attached hydrogens (tertiary/aromatic N) is 1. The first-order chi connectivity index (χ1) is 10.4. The molecule has 0 bridgehead atoms. The van der Waals surface area contributed by atoms with Crippen molar-refractivity contribution < 1.29 is 5.02 Å². The van der Waals surface area contributed by atoms with E-state index in [1.807, 2.05) is 12.1 Å². The molecule has 0 fully saturated rings. The van der Waals surface area contributed by atoms with Gasteiger partial charge in [0.1, 0.15) is 0 Å². The van der Waals surface area contributed by atoms with Crippen LogP contribution < -0.4 is 10.4 Å². The second kappa shape index (κ2) is 4.94. The predicted molar refractivity (Wildman–Crippen MR) is 87.4 cm³/mol. The van der Waals surface area contributed by atoms with Gasteiger partial charge >= 0.3 is 7.48 Å². The lowest BCUT2D eigenvalue weighted by molar-refractivity contribution is 0.615. The van der Waals surface area contributed by atoms with Crippen LogP contribution in [0.1, 0.15) is 11.5 Å². The Hall–Kier alpha value is -2.26. The molecule has 0 aromatic heterocycles. The maximum absolute atomic E-state index is 9.08. The molecule has 2 nitrogen and oxygen atoms in total. The molecular formula is C18H15BNO. The van der Waals surface area contributed by atoms with Gasteiger partial charge in [0.2, 0.25) is 0 Å². The van der Waals surface area contributed by atoms with E-state index >= 15 is 0 Å². The quantitative estimate of drug-likeness (QED) is 0.849. The molecule has 0 saturated carbocycles. The van der Waals surface area contributed by atoms with E-state index in [0.29, 0.717) is 12.0 Å². The molecule has 1 aliphatic carbocycles. The van der Waals surface area contributed by atoms with Crippen LogP contribution in [0.3, 0.4) is 0 Å². The Morgan fingerprint density at radius 2 is 1.67 bits per heavy atom. The van der Waals surface area contributed by atoms with Crippen LogP contribution in [0.25, 0.3) is 0 Å². The van der Waals surface area contributed by atoms with Crippen LogP contribution in [-0.4, -0.2) is 18.5 Å². The third-order valence-electron chi connectivity index (χ3n) is 4.28. The van der Waals surface area contributed by atoms with Crippen LogP contribution in [0.4, 0.5) is 11.4 Å². The summed E-state index contributed by atoms with van der Waals surface area (Å²) >= 11 is 0. The fourth-order valence-electron chi connectivity index (χ4n) is 3.31. The van der Waals surface area contributed by atoms with Crippen molar-refractivity contribution in [1.29, 1.82) is 0 Å². The summed E-state index contributed by atoms with van der Waals surface area (Å²) in [4.78, 5) is 2.38. The second-order valence-electron chi connectivity index (χ2n) is 5.44. The third kappa shape index (κ3) is 1.93. The smallest absolute Gasteiger partial charge is 0.326 e. The van der Waals surface area contributed by atoms with E-state index in [2.05, 4.69) is 65.6 Å². The van der Waals surface area contributed by atoms with Crippen molar-refractivity contribution >= 4 is 24.3 Å². The van der Waals surface area contributed by atoms with E-state index in [-0.39, 0.29) is 0 Å². The first-order valence-electron chi connectivity index (χ1n) is 7.19. The minimum Gasteiger partial charge on any atom is -0.450 e. The van der Waals surface area contributed by atoms with E-state index in [0.717, 1.165) is 18.6 Å². The summed E-state index contributed by atoms with van der Waals surface area (Å²) in [6, 6.07) is 16.9. The van der Waals surface area contributed by atoms with Crippen molar-refractivity contribution in [3.8, 4) is 0 Å². The van der Waals surface area contributed by atoms with Crippen molar-refractivity contribution in [1.82, 2.24) is 0 Å². The summed E-state index contributed by atoms with van der Waals surface area (Å²) in [5, 5.41) is 9.08. The van der Waals surface area contributed by atoms with Gasteiger partial charge in [-0.3, -0.25) is 0 Å². The van der Waals surface area contributed by atoms with Crippen molar-refractivity contribution in [3.05, 3.63) is 78.4 Å². The number of allylic oxidation sites excluding steroid dienone is 2. The van der Waals surface area contributed by atoms with Crippen LogP contribution in [0.5, 0.6) is 0 Å². The zero-order chi connectivity index (χ0) is 14.2. The van der Waals surface area contributed by atoms with Gasteiger partial charge in [-0.15, -0.1) is 0 Å². The Balaban J connectivity index is 1.83. The van der Waals surface area contributed by atoms with E-state index in [4.69, 9.17) is 5.02 Å². The summed E-state index contributed by atoms with van der Waals surface area (Å²) in [5.41, 5.74) is 4.62. The Morgan fingerprint density at radius 1 is 0.905 bits per heavy atom. The molecule has 4 rings (SSSR count). The molecule has 21 heavy (non-hydrogen) atoms. The molecule has 2 aromatic rings. The first kappa shape index (κ1) is 12.5. The first-order valence-corrected chi connectivity index (χ1v) is 7.19. The molecule has 0 spiro atoms. The zero-order valence-electron chi connectivity index (χ0n) is 11.6. The molecule has 1 aliphatic heterocycles. The normalized spacial score (nSPS) is 22.0. The van der Waals surface area contributed by atoms with Crippen molar-refractivity contribution in [2.24, 2.45) is 0 Å². The minimum absolute atomic E-state index is 0.330. The summed E-state index contributed by atoms with van der Waals surface area (Å²) in [7, 11) is 1.13. The van der Waals surface area contributed by atoms with E-state index < -0.39 is 0 Å². The number of hydrogen-bond donors (Lipinski definition) is 1. The number of hydrogen-bond acceptors (Lipinski definition) is 2. The summed E-state index contributed by atoms with van der Waals surface area (Å²) < 4.78 is 0. The molecule has 101 valence electrons. The molecule has 2 aromatic carbocycles. The number of benzene rings is 2. The van der Waals surface area contributed by atoms with Gasteiger partial charge in [0.25, 0.3) is 0 Å². The van der Waals surface area contributed by atoms with Gasteiger partial charge < -0.3 is 9.92 Å². The molecule has 1 heterocycles. The Kier molecular flexibility index (Phi) is 2.93. The summed E-state index contributed by atoms with van der Waals surface area (Å²) in [6.45, 7) is 0. The predicted octanol–water partition coefficient (Wildman–Crippen LogP) is 2.65. The highest BCUT2D eigenvalue weighted by Crippen LogP contribution is 2.47. The van der Waals surface area contributed by atoms with Crippen molar-refractivity contribution in [3.63, 3.8) is 0 Å². The van der Waals surface area contributed by atoms with Crippen LogP contribution in [0, 0.1) is 0 Å².